The van der Waals surface area contributed by atoms with Crippen LogP contribution in [0.2, 0.25) is 0 Å². The van der Waals surface area contributed by atoms with Gasteiger partial charge in [0.1, 0.15) is 5.00 Å². The standard InChI is InChI=1S/C25H24N2O6S/c28-22(18-9-5-13-32-18)26-23-20(17-8-4-10-19(17)34-23)25(30)33-21(16-6-2-1-3-7-16)24(29)27-11-14-31-15-12-27/h1-3,5-7,9,13,21H,4,8,10-12,14-15H2,(H,26,28). The Kier molecular flexibility index (Phi) is 6.46. The van der Waals surface area contributed by atoms with E-state index in [1.807, 2.05) is 6.07 Å². The lowest BCUT2D eigenvalue weighted by Gasteiger charge is -2.30. The van der Waals surface area contributed by atoms with Gasteiger partial charge in [-0.25, -0.2) is 4.79 Å². The van der Waals surface area contributed by atoms with Crippen LogP contribution in [0.3, 0.4) is 0 Å². The number of hydrogen-bond acceptors (Lipinski definition) is 7. The van der Waals surface area contributed by atoms with Crippen molar-refractivity contribution in [3.8, 4) is 0 Å². The molecule has 1 N–H and O–H groups in total. The van der Waals surface area contributed by atoms with E-state index in [4.69, 9.17) is 13.9 Å². The van der Waals surface area contributed by atoms with Crippen LogP contribution in [0.5, 0.6) is 0 Å². The molecular weight excluding hydrogens is 456 g/mol. The quantitative estimate of drug-likeness (QED) is 0.539. The van der Waals surface area contributed by atoms with Gasteiger partial charge in [-0.15, -0.1) is 11.3 Å². The van der Waals surface area contributed by atoms with E-state index in [0.29, 0.717) is 42.4 Å². The molecule has 3 heterocycles. The second kappa shape index (κ2) is 9.82. The fraction of sp³-hybridized carbons (Fsp3) is 0.320. The van der Waals surface area contributed by atoms with Crippen LogP contribution in [-0.2, 0) is 27.1 Å². The summed E-state index contributed by atoms with van der Waals surface area (Å²) in [6.45, 7) is 1.78. The van der Waals surface area contributed by atoms with E-state index in [1.165, 1.54) is 17.6 Å². The molecule has 0 spiro atoms. The first-order chi connectivity index (χ1) is 16.6. The van der Waals surface area contributed by atoms with E-state index >= 15 is 0 Å². The van der Waals surface area contributed by atoms with Gasteiger partial charge in [0.15, 0.2) is 5.76 Å². The van der Waals surface area contributed by atoms with E-state index in [0.717, 1.165) is 29.7 Å². The maximum atomic E-state index is 13.5. The molecule has 9 heteroatoms. The second-order valence-electron chi connectivity index (χ2n) is 8.13. The number of anilines is 1. The fourth-order valence-electron chi connectivity index (χ4n) is 4.29. The summed E-state index contributed by atoms with van der Waals surface area (Å²) in [5.74, 6) is -1.19. The minimum Gasteiger partial charge on any atom is -0.459 e. The largest absolute Gasteiger partial charge is 0.459 e. The zero-order valence-electron chi connectivity index (χ0n) is 18.5. The first-order valence-electron chi connectivity index (χ1n) is 11.2. The molecule has 1 aliphatic heterocycles. The number of amides is 2. The fourth-order valence-corrected chi connectivity index (χ4v) is 5.56. The molecule has 2 aliphatic rings. The average Bonchev–Trinajstić information content (AvgIpc) is 3.61. The molecule has 1 atom stereocenters. The smallest absolute Gasteiger partial charge is 0.342 e. The number of carbonyl (C=O) groups is 3. The Morgan fingerprint density at radius 3 is 2.56 bits per heavy atom. The van der Waals surface area contributed by atoms with Crippen molar-refractivity contribution in [1.29, 1.82) is 0 Å². The molecule has 0 saturated carbocycles. The minimum atomic E-state index is -1.09. The number of carbonyl (C=O) groups excluding carboxylic acids is 3. The summed E-state index contributed by atoms with van der Waals surface area (Å²) >= 11 is 1.38. The van der Waals surface area contributed by atoms with Crippen LogP contribution in [0, 0.1) is 0 Å². The van der Waals surface area contributed by atoms with Crippen molar-refractivity contribution in [3.05, 3.63) is 76.1 Å². The Morgan fingerprint density at radius 2 is 1.82 bits per heavy atom. The number of fused-ring (bicyclic) bond motifs is 1. The van der Waals surface area contributed by atoms with Crippen molar-refractivity contribution < 1.29 is 28.3 Å². The summed E-state index contributed by atoms with van der Waals surface area (Å²) in [6.07, 6.45) is 2.83. The van der Waals surface area contributed by atoms with Crippen LogP contribution in [0.1, 0.15) is 49.4 Å². The summed E-state index contributed by atoms with van der Waals surface area (Å²) in [5.41, 5.74) is 1.81. The summed E-state index contributed by atoms with van der Waals surface area (Å²) in [5, 5.41) is 3.22. The number of esters is 1. The zero-order valence-corrected chi connectivity index (χ0v) is 19.3. The molecule has 34 heavy (non-hydrogen) atoms. The average molecular weight is 481 g/mol. The van der Waals surface area contributed by atoms with Gasteiger partial charge in [-0.3, -0.25) is 9.59 Å². The van der Waals surface area contributed by atoms with Crippen molar-refractivity contribution in [3.63, 3.8) is 0 Å². The monoisotopic (exact) mass is 480 g/mol. The van der Waals surface area contributed by atoms with Crippen molar-refractivity contribution in [2.24, 2.45) is 0 Å². The SMILES string of the molecule is O=C(Nc1sc2c(c1C(=O)OC(C(=O)N1CCOCC1)c1ccccc1)CCC2)c1ccco1. The zero-order chi connectivity index (χ0) is 23.5. The molecule has 1 fully saturated rings. The van der Waals surface area contributed by atoms with E-state index in [9.17, 15) is 14.4 Å². The van der Waals surface area contributed by atoms with E-state index in [1.54, 1.807) is 41.3 Å². The number of benzene rings is 1. The Balaban J connectivity index is 1.44. The molecule has 176 valence electrons. The van der Waals surface area contributed by atoms with E-state index in [2.05, 4.69) is 5.32 Å². The normalized spacial score (nSPS) is 16.1. The molecule has 1 aliphatic carbocycles. The number of rotatable bonds is 6. The van der Waals surface area contributed by atoms with Crippen LogP contribution in [0.25, 0.3) is 0 Å². The number of aryl methyl sites for hydroxylation is 1. The predicted molar refractivity (Wildman–Crippen MR) is 125 cm³/mol. The molecule has 1 unspecified atom stereocenters. The molecular formula is C25H24N2O6S. The number of nitrogens with zero attached hydrogens (tertiary/aromatic N) is 1. The third-order valence-electron chi connectivity index (χ3n) is 5.97. The van der Waals surface area contributed by atoms with Gasteiger partial charge < -0.3 is 24.1 Å². The summed E-state index contributed by atoms with van der Waals surface area (Å²) in [7, 11) is 0. The lowest BCUT2D eigenvalue weighted by atomic mass is 10.1. The first-order valence-corrected chi connectivity index (χ1v) is 12.1. The Bertz CT molecular complexity index is 1180. The van der Waals surface area contributed by atoms with Gasteiger partial charge in [0.25, 0.3) is 11.8 Å². The number of ether oxygens (including phenoxy) is 2. The van der Waals surface area contributed by atoms with Gasteiger partial charge >= 0.3 is 5.97 Å². The van der Waals surface area contributed by atoms with Crippen LogP contribution in [-0.4, -0.2) is 49.0 Å². The minimum absolute atomic E-state index is 0.150. The van der Waals surface area contributed by atoms with Crippen molar-refractivity contribution in [2.75, 3.05) is 31.6 Å². The molecule has 1 saturated heterocycles. The van der Waals surface area contributed by atoms with Gasteiger partial charge in [-0.1, -0.05) is 30.3 Å². The summed E-state index contributed by atoms with van der Waals surface area (Å²) in [4.78, 5) is 42.2. The summed E-state index contributed by atoms with van der Waals surface area (Å²) < 4.78 is 16.4. The highest BCUT2D eigenvalue weighted by Crippen LogP contribution is 2.40. The molecule has 0 radical (unpaired) electrons. The Labute approximate surface area is 200 Å². The summed E-state index contributed by atoms with van der Waals surface area (Å²) in [6, 6.07) is 12.2. The van der Waals surface area contributed by atoms with Crippen LogP contribution in [0.15, 0.2) is 53.1 Å². The number of hydrogen-bond donors (Lipinski definition) is 1. The van der Waals surface area contributed by atoms with E-state index in [-0.39, 0.29) is 11.7 Å². The topological polar surface area (TPSA) is 98.1 Å². The van der Waals surface area contributed by atoms with Gasteiger partial charge in [0.2, 0.25) is 6.10 Å². The Hall–Kier alpha value is -3.43. The molecule has 1 aromatic carbocycles. The Morgan fingerprint density at radius 1 is 1.03 bits per heavy atom. The van der Waals surface area contributed by atoms with E-state index < -0.39 is 18.0 Å². The molecule has 8 nitrogen and oxygen atoms in total. The third kappa shape index (κ3) is 4.49. The number of thiophene rings is 1. The highest BCUT2D eigenvalue weighted by atomic mass is 32.1. The number of nitrogens with one attached hydrogen (secondary N) is 1. The van der Waals surface area contributed by atoms with Crippen LogP contribution < -0.4 is 5.32 Å². The van der Waals surface area contributed by atoms with Gasteiger partial charge in [0, 0.05) is 23.5 Å². The van der Waals surface area contributed by atoms with Gasteiger partial charge in [-0.2, -0.15) is 0 Å². The highest BCUT2D eigenvalue weighted by molar-refractivity contribution is 7.17. The van der Waals surface area contributed by atoms with Crippen molar-refractivity contribution in [2.45, 2.75) is 25.4 Å². The van der Waals surface area contributed by atoms with Crippen molar-refractivity contribution in [1.82, 2.24) is 4.90 Å². The maximum absolute atomic E-state index is 13.5. The lowest BCUT2D eigenvalue weighted by molar-refractivity contribution is -0.145. The first kappa shape index (κ1) is 22.4. The second-order valence-corrected chi connectivity index (χ2v) is 9.23. The third-order valence-corrected chi connectivity index (χ3v) is 7.18. The highest BCUT2D eigenvalue weighted by Gasteiger charge is 2.34. The molecule has 5 rings (SSSR count). The number of morpholine rings is 1. The van der Waals surface area contributed by atoms with Gasteiger partial charge in [-0.05, 0) is 37.0 Å². The molecule has 2 aromatic heterocycles. The molecule has 3 aromatic rings. The maximum Gasteiger partial charge on any atom is 0.342 e. The number of furan rings is 1. The van der Waals surface area contributed by atoms with Crippen LogP contribution >= 0.6 is 11.3 Å². The molecule has 2 amide bonds. The predicted octanol–water partition coefficient (Wildman–Crippen LogP) is 3.84. The van der Waals surface area contributed by atoms with Crippen molar-refractivity contribution >= 4 is 34.1 Å². The lowest BCUT2D eigenvalue weighted by Crippen LogP contribution is -2.44. The van der Waals surface area contributed by atoms with Gasteiger partial charge in [0.05, 0.1) is 25.0 Å². The van der Waals surface area contributed by atoms with Crippen LogP contribution in [0.4, 0.5) is 5.00 Å². The molecule has 0 bridgehead atoms.